The Morgan fingerprint density at radius 2 is 2.04 bits per heavy atom. The summed E-state index contributed by atoms with van der Waals surface area (Å²) in [5.74, 6) is 0.174. The van der Waals surface area contributed by atoms with Crippen LogP contribution >= 0.6 is 11.6 Å². The van der Waals surface area contributed by atoms with E-state index in [4.69, 9.17) is 11.6 Å². The van der Waals surface area contributed by atoms with Crippen molar-refractivity contribution in [1.82, 2.24) is 9.88 Å². The molecule has 3 aromatic rings. The molecule has 2 aromatic carbocycles. The summed E-state index contributed by atoms with van der Waals surface area (Å²) < 4.78 is 2.14. The molecule has 1 atom stereocenters. The van der Waals surface area contributed by atoms with Gasteiger partial charge in [-0.2, -0.15) is 0 Å². The number of nitrogens with zero attached hydrogens (tertiary/aromatic N) is 1. The van der Waals surface area contributed by atoms with Crippen LogP contribution < -0.4 is 5.32 Å². The van der Waals surface area contributed by atoms with E-state index in [1.54, 1.807) is 12.1 Å². The van der Waals surface area contributed by atoms with Crippen molar-refractivity contribution < 1.29 is 9.90 Å². The third kappa shape index (κ3) is 3.39. The van der Waals surface area contributed by atoms with Gasteiger partial charge in [0.05, 0.1) is 0 Å². The predicted octanol–water partition coefficient (Wildman–Crippen LogP) is 4.19. The van der Waals surface area contributed by atoms with E-state index in [1.165, 1.54) is 6.92 Å². The van der Waals surface area contributed by atoms with Crippen LogP contribution in [-0.2, 0) is 11.3 Å². The van der Waals surface area contributed by atoms with Crippen LogP contribution in [0.25, 0.3) is 22.2 Å². The molecule has 0 radical (unpaired) electrons. The number of nitrogens with one attached hydrogen (secondary N) is 1. The molecule has 3 rings (SSSR count). The summed E-state index contributed by atoms with van der Waals surface area (Å²) in [7, 11) is 0. The van der Waals surface area contributed by atoms with E-state index >= 15 is 0 Å². The first kappa shape index (κ1) is 16.4. The molecule has 1 amide bonds. The van der Waals surface area contributed by atoms with Crippen LogP contribution in [0, 0.1) is 0 Å². The maximum Gasteiger partial charge on any atom is 0.217 e. The monoisotopic (exact) mass is 342 g/mol. The fourth-order valence-corrected chi connectivity index (χ4v) is 3.20. The number of carbonyl (C=O) groups excluding carboxylic acids is 1. The minimum Gasteiger partial charge on any atom is -0.508 e. The van der Waals surface area contributed by atoms with Gasteiger partial charge in [0.2, 0.25) is 5.91 Å². The highest BCUT2D eigenvalue weighted by Gasteiger charge is 2.14. The molecule has 0 aliphatic carbocycles. The Hall–Kier alpha value is -2.46. The highest BCUT2D eigenvalue weighted by molar-refractivity contribution is 6.30. The zero-order valence-electron chi connectivity index (χ0n) is 13.6. The van der Waals surface area contributed by atoms with Crippen molar-refractivity contribution in [3.05, 3.63) is 53.6 Å². The van der Waals surface area contributed by atoms with Crippen LogP contribution in [0.4, 0.5) is 0 Å². The Balaban J connectivity index is 2.12. The topological polar surface area (TPSA) is 54.3 Å². The highest BCUT2D eigenvalue weighted by Crippen LogP contribution is 2.31. The molecule has 0 saturated carbocycles. The first-order valence-corrected chi connectivity index (χ1v) is 8.17. The van der Waals surface area contributed by atoms with Crippen molar-refractivity contribution in [3.8, 4) is 17.0 Å². The zero-order chi connectivity index (χ0) is 17.3. The van der Waals surface area contributed by atoms with E-state index in [9.17, 15) is 9.90 Å². The average Bonchev–Trinajstić information content (AvgIpc) is 2.84. The largest absolute Gasteiger partial charge is 0.508 e. The highest BCUT2D eigenvalue weighted by atomic mass is 35.5. The number of benzene rings is 2. The lowest BCUT2D eigenvalue weighted by Crippen LogP contribution is -2.34. The lowest BCUT2D eigenvalue weighted by molar-refractivity contribution is -0.119. The molecule has 0 bridgehead atoms. The number of amides is 1. The van der Waals surface area contributed by atoms with Crippen LogP contribution in [0.15, 0.2) is 48.5 Å². The average molecular weight is 343 g/mol. The smallest absolute Gasteiger partial charge is 0.217 e. The summed E-state index contributed by atoms with van der Waals surface area (Å²) >= 11 is 6.14. The number of hydrogen-bond donors (Lipinski definition) is 2. The molecule has 1 unspecified atom stereocenters. The Morgan fingerprint density at radius 3 is 2.75 bits per heavy atom. The van der Waals surface area contributed by atoms with E-state index in [0.29, 0.717) is 11.6 Å². The van der Waals surface area contributed by atoms with E-state index < -0.39 is 0 Å². The second-order valence-corrected chi connectivity index (χ2v) is 6.43. The third-order valence-electron chi connectivity index (χ3n) is 3.91. The summed E-state index contributed by atoms with van der Waals surface area (Å²) in [5.41, 5.74) is 2.99. The normalized spacial score (nSPS) is 12.3. The van der Waals surface area contributed by atoms with Crippen LogP contribution in [0.1, 0.15) is 13.8 Å². The number of rotatable bonds is 4. The van der Waals surface area contributed by atoms with Gasteiger partial charge in [-0.15, -0.1) is 0 Å². The van der Waals surface area contributed by atoms with Crippen LogP contribution in [-0.4, -0.2) is 21.6 Å². The van der Waals surface area contributed by atoms with Gasteiger partial charge in [-0.05, 0) is 48.9 Å². The minimum absolute atomic E-state index is 0.0233. The van der Waals surface area contributed by atoms with Gasteiger partial charge in [-0.1, -0.05) is 23.7 Å². The Kier molecular flexibility index (Phi) is 4.49. The molecule has 4 nitrogen and oxygen atoms in total. The number of phenolic OH excluding ortho intramolecular Hbond substituents is 1. The second-order valence-electron chi connectivity index (χ2n) is 6.00. The molecule has 5 heteroatoms. The molecule has 0 saturated heterocycles. The number of aromatic hydroxyl groups is 1. The van der Waals surface area contributed by atoms with Crippen molar-refractivity contribution >= 4 is 28.4 Å². The van der Waals surface area contributed by atoms with Gasteiger partial charge in [0.15, 0.2) is 0 Å². The number of hydrogen-bond acceptors (Lipinski definition) is 2. The van der Waals surface area contributed by atoms with Gasteiger partial charge in [0.1, 0.15) is 5.75 Å². The van der Waals surface area contributed by atoms with Crippen molar-refractivity contribution in [2.45, 2.75) is 26.4 Å². The van der Waals surface area contributed by atoms with Crippen molar-refractivity contribution in [2.24, 2.45) is 0 Å². The fourth-order valence-electron chi connectivity index (χ4n) is 3.01. The number of aromatic nitrogens is 1. The van der Waals surface area contributed by atoms with Crippen LogP contribution in [0.3, 0.4) is 0 Å². The summed E-state index contributed by atoms with van der Waals surface area (Å²) in [4.78, 5) is 11.3. The van der Waals surface area contributed by atoms with Crippen molar-refractivity contribution in [3.63, 3.8) is 0 Å². The van der Waals surface area contributed by atoms with Gasteiger partial charge >= 0.3 is 0 Å². The number of halogens is 1. The van der Waals surface area contributed by atoms with Crippen LogP contribution in [0.2, 0.25) is 5.02 Å². The summed E-state index contributed by atoms with van der Waals surface area (Å²) in [6, 6.07) is 15.0. The molecule has 0 spiro atoms. The molecular formula is C19H19ClN2O2. The summed E-state index contributed by atoms with van der Waals surface area (Å²) in [6.45, 7) is 4.10. The quantitative estimate of drug-likeness (QED) is 0.747. The number of fused-ring (bicyclic) bond motifs is 1. The van der Waals surface area contributed by atoms with Gasteiger partial charge in [0, 0.05) is 41.1 Å². The minimum atomic E-state index is -0.0547. The third-order valence-corrected chi connectivity index (χ3v) is 4.15. The van der Waals surface area contributed by atoms with Crippen molar-refractivity contribution in [1.29, 1.82) is 0 Å². The molecule has 2 N–H and O–H groups in total. The maximum atomic E-state index is 11.3. The van der Waals surface area contributed by atoms with Gasteiger partial charge in [0.25, 0.3) is 0 Å². The fraction of sp³-hybridized carbons (Fsp3) is 0.211. The zero-order valence-corrected chi connectivity index (χ0v) is 14.3. The number of carbonyl (C=O) groups is 1. The van der Waals surface area contributed by atoms with Crippen LogP contribution in [0.5, 0.6) is 5.75 Å². The second kappa shape index (κ2) is 6.57. The molecule has 0 aliphatic heterocycles. The van der Waals surface area contributed by atoms with Gasteiger partial charge in [-0.3, -0.25) is 4.79 Å². The Morgan fingerprint density at radius 1 is 1.25 bits per heavy atom. The lowest BCUT2D eigenvalue weighted by Gasteiger charge is -2.17. The molecule has 1 heterocycles. The SMILES string of the molecule is CC(=O)NC(C)Cn1c(-c2cccc(Cl)c2)cc2cc(O)ccc21. The molecule has 1 aromatic heterocycles. The summed E-state index contributed by atoms with van der Waals surface area (Å²) in [5, 5.41) is 14.3. The molecule has 124 valence electrons. The van der Waals surface area contributed by atoms with E-state index in [-0.39, 0.29) is 17.7 Å². The van der Waals surface area contributed by atoms with Gasteiger partial charge in [-0.25, -0.2) is 0 Å². The molecular weight excluding hydrogens is 324 g/mol. The number of phenols is 1. The first-order valence-electron chi connectivity index (χ1n) is 7.79. The van der Waals surface area contributed by atoms with Crippen molar-refractivity contribution in [2.75, 3.05) is 0 Å². The summed E-state index contributed by atoms with van der Waals surface area (Å²) in [6.07, 6.45) is 0. The Labute approximate surface area is 145 Å². The predicted molar refractivity (Wildman–Crippen MR) is 97.3 cm³/mol. The standard InChI is InChI=1S/C19H19ClN2O2/c1-12(21-13(2)23)11-22-18-7-6-17(24)9-15(18)10-19(22)14-4-3-5-16(20)8-14/h3-10,12,24H,11H2,1-2H3,(H,21,23). The van der Waals surface area contributed by atoms with Gasteiger partial charge < -0.3 is 15.0 Å². The first-order chi connectivity index (χ1) is 11.4. The van der Waals surface area contributed by atoms with E-state index in [1.807, 2.05) is 43.3 Å². The molecule has 0 fully saturated rings. The Bertz CT molecular complexity index is 902. The maximum absolute atomic E-state index is 11.3. The van der Waals surface area contributed by atoms with E-state index in [2.05, 4.69) is 9.88 Å². The lowest BCUT2D eigenvalue weighted by atomic mass is 10.1. The van der Waals surface area contributed by atoms with E-state index in [0.717, 1.165) is 22.2 Å². The molecule has 24 heavy (non-hydrogen) atoms. The molecule has 0 aliphatic rings.